The van der Waals surface area contributed by atoms with Crippen LogP contribution in [0.1, 0.15) is 21.5 Å². The topological polar surface area (TPSA) is 90.8 Å². The number of nitrogens with one attached hydrogen (secondary N) is 2. The Morgan fingerprint density at radius 2 is 1.74 bits per heavy atom. The maximum atomic E-state index is 12.0. The molecule has 0 heterocycles. The highest BCUT2D eigenvalue weighted by Gasteiger charge is 2.04. The van der Waals surface area contributed by atoms with Crippen LogP contribution in [-0.4, -0.2) is 23.2 Å². The van der Waals surface area contributed by atoms with E-state index in [9.17, 15) is 9.59 Å². The Kier molecular flexibility index (Phi) is 5.79. The standard InChI is InChI=1S/C17H15N3O3/c21-16(20-23)10-9-13-7-4-8-15(11-13)17(22)19-18-12-14-5-2-1-3-6-14/h1-12,23H,(H,19,22)(H,20,21)/b10-9+,18-12+. The van der Waals surface area contributed by atoms with E-state index < -0.39 is 5.91 Å². The van der Waals surface area contributed by atoms with Crippen LogP contribution in [0.5, 0.6) is 0 Å². The molecule has 0 aliphatic carbocycles. The van der Waals surface area contributed by atoms with Crippen molar-refractivity contribution in [3.05, 3.63) is 77.4 Å². The molecule has 0 unspecified atom stereocenters. The lowest BCUT2D eigenvalue weighted by atomic mass is 10.1. The van der Waals surface area contributed by atoms with Crippen molar-refractivity contribution in [3.8, 4) is 0 Å². The van der Waals surface area contributed by atoms with Crippen LogP contribution in [0.3, 0.4) is 0 Å². The zero-order valence-corrected chi connectivity index (χ0v) is 12.1. The van der Waals surface area contributed by atoms with Crippen LogP contribution < -0.4 is 10.9 Å². The van der Waals surface area contributed by atoms with E-state index in [1.165, 1.54) is 11.6 Å². The Bertz CT molecular complexity index is 740. The lowest BCUT2D eigenvalue weighted by molar-refractivity contribution is -0.124. The number of nitrogens with zero attached hydrogens (tertiary/aromatic N) is 1. The molecule has 0 bridgehead atoms. The van der Waals surface area contributed by atoms with Gasteiger partial charge in [-0.1, -0.05) is 42.5 Å². The molecule has 6 nitrogen and oxygen atoms in total. The van der Waals surface area contributed by atoms with Crippen molar-refractivity contribution in [3.63, 3.8) is 0 Å². The minimum Gasteiger partial charge on any atom is -0.288 e. The van der Waals surface area contributed by atoms with E-state index in [2.05, 4.69) is 10.5 Å². The second kappa shape index (κ2) is 8.26. The van der Waals surface area contributed by atoms with Gasteiger partial charge in [0, 0.05) is 11.6 Å². The van der Waals surface area contributed by atoms with E-state index in [4.69, 9.17) is 5.21 Å². The molecule has 0 aliphatic heterocycles. The van der Waals surface area contributed by atoms with Gasteiger partial charge in [0.15, 0.2) is 0 Å². The quantitative estimate of drug-likeness (QED) is 0.341. The lowest BCUT2D eigenvalue weighted by Gasteiger charge is -2.01. The molecule has 116 valence electrons. The third-order valence-electron chi connectivity index (χ3n) is 2.87. The summed E-state index contributed by atoms with van der Waals surface area (Å²) in [4.78, 5) is 22.9. The minimum atomic E-state index is -0.646. The Hall–Kier alpha value is -3.25. The molecule has 0 saturated heterocycles. The minimum absolute atomic E-state index is 0.362. The van der Waals surface area contributed by atoms with Crippen LogP contribution in [0.15, 0.2) is 65.8 Å². The molecule has 0 saturated carbocycles. The molecule has 0 aromatic heterocycles. The van der Waals surface area contributed by atoms with Crippen LogP contribution in [0.4, 0.5) is 0 Å². The number of rotatable bonds is 5. The molecule has 0 aliphatic rings. The van der Waals surface area contributed by atoms with E-state index in [0.717, 1.165) is 11.6 Å². The Morgan fingerprint density at radius 1 is 1.00 bits per heavy atom. The lowest BCUT2D eigenvalue weighted by Crippen LogP contribution is -2.17. The van der Waals surface area contributed by atoms with Crippen molar-refractivity contribution in [1.82, 2.24) is 10.9 Å². The molecule has 2 amide bonds. The van der Waals surface area contributed by atoms with Gasteiger partial charge < -0.3 is 0 Å². The third-order valence-corrected chi connectivity index (χ3v) is 2.87. The summed E-state index contributed by atoms with van der Waals surface area (Å²) in [6.07, 6.45) is 4.19. The van der Waals surface area contributed by atoms with Gasteiger partial charge in [0.1, 0.15) is 0 Å². The number of benzene rings is 2. The molecule has 0 atom stereocenters. The number of hydrazone groups is 1. The molecule has 0 fully saturated rings. The fourth-order valence-electron chi connectivity index (χ4n) is 1.76. The Morgan fingerprint density at radius 3 is 2.48 bits per heavy atom. The van der Waals surface area contributed by atoms with Gasteiger partial charge in [0.25, 0.3) is 11.8 Å². The molecular formula is C17H15N3O3. The predicted molar refractivity (Wildman–Crippen MR) is 86.9 cm³/mol. The Labute approximate surface area is 133 Å². The molecule has 23 heavy (non-hydrogen) atoms. The molecule has 2 rings (SSSR count). The molecule has 3 N–H and O–H groups in total. The molecule has 6 heteroatoms. The first-order valence-electron chi connectivity index (χ1n) is 6.80. The number of hydroxylamine groups is 1. The summed E-state index contributed by atoms with van der Waals surface area (Å²) in [5.41, 5.74) is 5.86. The normalized spacial score (nSPS) is 10.8. The number of carbonyl (C=O) groups is 2. The van der Waals surface area contributed by atoms with Crippen LogP contribution in [0, 0.1) is 0 Å². The van der Waals surface area contributed by atoms with Crippen LogP contribution in [0.2, 0.25) is 0 Å². The van der Waals surface area contributed by atoms with E-state index in [-0.39, 0.29) is 5.91 Å². The first kappa shape index (κ1) is 16.1. The summed E-state index contributed by atoms with van der Waals surface area (Å²) in [6, 6.07) is 16.0. The average molecular weight is 309 g/mol. The third kappa shape index (κ3) is 5.22. The highest BCUT2D eigenvalue weighted by atomic mass is 16.5. The monoisotopic (exact) mass is 309 g/mol. The maximum absolute atomic E-state index is 12.0. The first-order chi connectivity index (χ1) is 11.2. The Balaban J connectivity index is 2.01. The zero-order valence-electron chi connectivity index (χ0n) is 12.1. The van der Waals surface area contributed by atoms with E-state index in [1.807, 2.05) is 30.3 Å². The van der Waals surface area contributed by atoms with Crippen molar-refractivity contribution < 1.29 is 14.8 Å². The van der Waals surface area contributed by atoms with Crippen molar-refractivity contribution in [2.24, 2.45) is 5.10 Å². The molecule has 2 aromatic carbocycles. The molecular weight excluding hydrogens is 294 g/mol. The van der Waals surface area contributed by atoms with Crippen LogP contribution in [-0.2, 0) is 4.79 Å². The van der Waals surface area contributed by atoms with Crippen LogP contribution >= 0.6 is 0 Å². The highest BCUT2D eigenvalue weighted by molar-refractivity contribution is 5.96. The number of hydrogen-bond acceptors (Lipinski definition) is 4. The van der Waals surface area contributed by atoms with E-state index in [1.54, 1.807) is 30.5 Å². The summed E-state index contributed by atoms with van der Waals surface area (Å²) in [5, 5.41) is 12.3. The summed E-state index contributed by atoms with van der Waals surface area (Å²) < 4.78 is 0. The average Bonchev–Trinajstić information content (AvgIpc) is 2.60. The largest absolute Gasteiger partial charge is 0.288 e. The van der Waals surface area contributed by atoms with Crippen molar-refractivity contribution in [1.29, 1.82) is 0 Å². The predicted octanol–water partition coefficient (Wildman–Crippen LogP) is 1.97. The second-order valence-electron chi connectivity index (χ2n) is 4.54. The number of carbonyl (C=O) groups excluding carboxylic acids is 2. The maximum Gasteiger partial charge on any atom is 0.271 e. The summed E-state index contributed by atoms with van der Waals surface area (Å²) in [5.74, 6) is -1.01. The van der Waals surface area contributed by atoms with Gasteiger partial charge in [0.05, 0.1) is 6.21 Å². The summed E-state index contributed by atoms with van der Waals surface area (Å²) in [7, 11) is 0. The van der Waals surface area contributed by atoms with Crippen molar-refractivity contribution in [2.75, 3.05) is 0 Å². The smallest absolute Gasteiger partial charge is 0.271 e. The van der Waals surface area contributed by atoms with Gasteiger partial charge in [0.2, 0.25) is 0 Å². The SMILES string of the molecule is O=C(/C=C/c1cccc(C(=O)N/N=C/c2ccccc2)c1)NO. The van der Waals surface area contributed by atoms with Gasteiger partial charge >= 0.3 is 0 Å². The van der Waals surface area contributed by atoms with Gasteiger partial charge in [-0.15, -0.1) is 0 Å². The van der Waals surface area contributed by atoms with Gasteiger partial charge in [-0.3, -0.25) is 14.8 Å². The summed E-state index contributed by atoms with van der Waals surface area (Å²) in [6.45, 7) is 0. The number of amides is 2. The van der Waals surface area contributed by atoms with E-state index >= 15 is 0 Å². The molecule has 0 spiro atoms. The molecule has 2 aromatic rings. The van der Waals surface area contributed by atoms with Crippen molar-refractivity contribution >= 4 is 24.1 Å². The fraction of sp³-hybridized carbons (Fsp3) is 0. The number of hydrogen-bond donors (Lipinski definition) is 3. The highest BCUT2D eigenvalue weighted by Crippen LogP contribution is 2.07. The van der Waals surface area contributed by atoms with Gasteiger partial charge in [-0.25, -0.2) is 10.9 Å². The zero-order chi connectivity index (χ0) is 16.5. The summed E-state index contributed by atoms with van der Waals surface area (Å²) >= 11 is 0. The fourth-order valence-corrected chi connectivity index (χ4v) is 1.76. The van der Waals surface area contributed by atoms with Gasteiger partial charge in [-0.2, -0.15) is 5.10 Å². The first-order valence-corrected chi connectivity index (χ1v) is 6.80. The van der Waals surface area contributed by atoms with Crippen molar-refractivity contribution in [2.45, 2.75) is 0 Å². The second-order valence-corrected chi connectivity index (χ2v) is 4.54. The van der Waals surface area contributed by atoms with E-state index in [0.29, 0.717) is 11.1 Å². The molecule has 0 radical (unpaired) electrons. The van der Waals surface area contributed by atoms with Crippen LogP contribution in [0.25, 0.3) is 6.08 Å². The van der Waals surface area contributed by atoms with Gasteiger partial charge in [-0.05, 0) is 29.3 Å².